The predicted octanol–water partition coefficient (Wildman–Crippen LogP) is 1.34. The summed E-state index contributed by atoms with van der Waals surface area (Å²) in [5, 5.41) is 6.59. The van der Waals surface area contributed by atoms with Crippen LogP contribution in [0.3, 0.4) is 0 Å². The van der Waals surface area contributed by atoms with Gasteiger partial charge in [0.15, 0.2) is 0 Å². The number of nitrogens with zero attached hydrogens (tertiary/aromatic N) is 2. The number of anilines is 1. The molecule has 0 saturated heterocycles. The molecule has 0 fully saturated rings. The highest BCUT2D eigenvalue weighted by Crippen LogP contribution is 2.24. The van der Waals surface area contributed by atoms with E-state index in [1.54, 1.807) is 7.11 Å². The van der Waals surface area contributed by atoms with Crippen LogP contribution in [0.5, 0.6) is 5.88 Å². The van der Waals surface area contributed by atoms with Gasteiger partial charge in [-0.3, -0.25) is 0 Å². The maximum Gasteiger partial charge on any atom is 0.226 e. The Morgan fingerprint density at radius 2 is 2.06 bits per heavy atom. The molecule has 2 N–H and O–H groups in total. The van der Waals surface area contributed by atoms with Gasteiger partial charge in [-0.05, 0) is 20.8 Å². The standard InChI is InChI=1S/C12H20N4O/c1-12(2,3)16-11-14-9-5-6-13-7-8(9)10(15-11)17-4/h13H,5-7H2,1-4H3,(H,14,15,16). The predicted molar refractivity (Wildman–Crippen MR) is 67.4 cm³/mol. The molecule has 0 radical (unpaired) electrons. The Labute approximate surface area is 102 Å². The summed E-state index contributed by atoms with van der Waals surface area (Å²) in [6.45, 7) is 8.01. The van der Waals surface area contributed by atoms with E-state index < -0.39 is 0 Å². The average molecular weight is 236 g/mol. The minimum atomic E-state index is -0.0494. The molecule has 0 spiro atoms. The SMILES string of the molecule is COc1nc(NC(C)(C)C)nc2c1CNCC2. The number of hydrogen-bond acceptors (Lipinski definition) is 5. The highest BCUT2D eigenvalue weighted by atomic mass is 16.5. The van der Waals surface area contributed by atoms with Crippen LogP contribution in [-0.4, -0.2) is 29.2 Å². The van der Waals surface area contributed by atoms with E-state index in [0.29, 0.717) is 11.8 Å². The fourth-order valence-electron chi connectivity index (χ4n) is 1.87. The third-order valence-electron chi connectivity index (χ3n) is 2.58. The Bertz CT molecular complexity index is 394. The zero-order chi connectivity index (χ0) is 12.5. The molecule has 0 unspecified atom stereocenters. The number of methoxy groups -OCH3 is 1. The Kier molecular flexibility index (Phi) is 3.19. The van der Waals surface area contributed by atoms with Crippen LogP contribution in [-0.2, 0) is 13.0 Å². The van der Waals surface area contributed by atoms with Crippen LogP contribution in [0.15, 0.2) is 0 Å². The monoisotopic (exact) mass is 236 g/mol. The smallest absolute Gasteiger partial charge is 0.226 e. The lowest BCUT2D eigenvalue weighted by molar-refractivity contribution is 0.385. The van der Waals surface area contributed by atoms with Gasteiger partial charge in [0.1, 0.15) is 0 Å². The molecule has 0 aromatic carbocycles. The van der Waals surface area contributed by atoms with E-state index in [4.69, 9.17) is 4.74 Å². The number of rotatable bonds is 2. The molecule has 0 amide bonds. The van der Waals surface area contributed by atoms with Crippen LogP contribution in [0, 0.1) is 0 Å². The van der Waals surface area contributed by atoms with Gasteiger partial charge in [-0.25, -0.2) is 4.98 Å². The Morgan fingerprint density at radius 1 is 1.29 bits per heavy atom. The number of hydrogen-bond donors (Lipinski definition) is 2. The van der Waals surface area contributed by atoms with E-state index in [9.17, 15) is 0 Å². The van der Waals surface area contributed by atoms with Gasteiger partial charge in [0, 0.05) is 30.6 Å². The highest BCUT2D eigenvalue weighted by Gasteiger charge is 2.20. The van der Waals surface area contributed by atoms with Gasteiger partial charge in [0.05, 0.1) is 12.8 Å². The molecule has 0 atom stereocenters. The first kappa shape index (κ1) is 12.1. The van der Waals surface area contributed by atoms with Gasteiger partial charge in [-0.2, -0.15) is 4.98 Å². The van der Waals surface area contributed by atoms with Gasteiger partial charge >= 0.3 is 0 Å². The quantitative estimate of drug-likeness (QED) is 0.811. The summed E-state index contributed by atoms with van der Waals surface area (Å²) >= 11 is 0. The normalized spacial score (nSPS) is 15.3. The molecule has 1 aliphatic heterocycles. The summed E-state index contributed by atoms with van der Waals surface area (Å²) in [5.74, 6) is 1.32. The minimum absolute atomic E-state index is 0.0494. The molecule has 94 valence electrons. The maximum atomic E-state index is 5.34. The van der Waals surface area contributed by atoms with Gasteiger partial charge < -0.3 is 15.4 Å². The molecular formula is C12H20N4O. The van der Waals surface area contributed by atoms with Crippen LogP contribution in [0.4, 0.5) is 5.95 Å². The number of fused-ring (bicyclic) bond motifs is 1. The topological polar surface area (TPSA) is 59.1 Å². The van der Waals surface area contributed by atoms with Crippen molar-refractivity contribution in [2.75, 3.05) is 19.0 Å². The molecule has 1 aromatic rings. The first-order chi connectivity index (χ1) is 7.99. The van der Waals surface area contributed by atoms with Crippen molar-refractivity contribution < 1.29 is 4.74 Å². The molecule has 5 nitrogen and oxygen atoms in total. The zero-order valence-electron chi connectivity index (χ0n) is 10.9. The van der Waals surface area contributed by atoms with E-state index in [0.717, 1.165) is 30.8 Å². The van der Waals surface area contributed by atoms with Crippen molar-refractivity contribution in [1.82, 2.24) is 15.3 Å². The van der Waals surface area contributed by atoms with E-state index in [1.165, 1.54) is 0 Å². The van der Waals surface area contributed by atoms with Gasteiger partial charge in [-0.1, -0.05) is 0 Å². The number of nitrogens with one attached hydrogen (secondary N) is 2. The molecule has 1 aromatic heterocycles. The van der Waals surface area contributed by atoms with E-state index in [2.05, 4.69) is 41.4 Å². The van der Waals surface area contributed by atoms with Crippen LogP contribution in [0.1, 0.15) is 32.0 Å². The fraction of sp³-hybridized carbons (Fsp3) is 0.667. The summed E-state index contributed by atoms with van der Waals surface area (Å²) in [7, 11) is 1.65. The van der Waals surface area contributed by atoms with Crippen molar-refractivity contribution in [3.63, 3.8) is 0 Å². The third kappa shape index (κ3) is 2.85. The maximum absolute atomic E-state index is 5.34. The zero-order valence-corrected chi connectivity index (χ0v) is 10.9. The van der Waals surface area contributed by atoms with E-state index >= 15 is 0 Å². The molecule has 5 heteroatoms. The summed E-state index contributed by atoms with van der Waals surface area (Å²) in [6.07, 6.45) is 0.924. The van der Waals surface area contributed by atoms with E-state index in [-0.39, 0.29) is 5.54 Å². The first-order valence-electron chi connectivity index (χ1n) is 5.92. The minimum Gasteiger partial charge on any atom is -0.481 e. The molecule has 0 saturated carbocycles. The largest absolute Gasteiger partial charge is 0.481 e. The summed E-state index contributed by atoms with van der Waals surface area (Å²) in [6, 6.07) is 0. The van der Waals surface area contributed by atoms with Crippen molar-refractivity contribution in [1.29, 1.82) is 0 Å². The molecule has 0 bridgehead atoms. The second-order valence-electron chi connectivity index (χ2n) is 5.28. The van der Waals surface area contributed by atoms with Crippen LogP contribution in [0.2, 0.25) is 0 Å². The second kappa shape index (κ2) is 4.49. The molecule has 17 heavy (non-hydrogen) atoms. The molecule has 2 rings (SSSR count). The van der Waals surface area contributed by atoms with Crippen LogP contribution < -0.4 is 15.4 Å². The lowest BCUT2D eigenvalue weighted by Crippen LogP contribution is -2.30. The lowest BCUT2D eigenvalue weighted by Gasteiger charge is -2.23. The Balaban J connectivity index is 2.36. The lowest BCUT2D eigenvalue weighted by atomic mass is 10.1. The molecule has 1 aliphatic rings. The van der Waals surface area contributed by atoms with Crippen molar-refractivity contribution in [2.24, 2.45) is 0 Å². The van der Waals surface area contributed by atoms with Crippen molar-refractivity contribution in [2.45, 2.75) is 39.3 Å². The summed E-state index contributed by atoms with van der Waals surface area (Å²) in [5.41, 5.74) is 2.12. The summed E-state index contributed by atoms with van der Waals surface area (Å²) < 4.78 is 5.34. The third-order valence-corrected chi connectivity index (χ3v) is 2.58. The summed E-state index contributed by atoms with van der Waals surface area (Å²) in [4.78, 5) is 8.97. The van der Waals surface area contributed by atoms with Gasteiger partial charge in [0.25, 0.3) is 0 Å². The average Bonchev–Trinajstić information content (AvgIpc) is 2.25. The van der Waals surface area contributed by atoms with Crippen molar-refractivity contribution in [3.05, 3.63) is 11.3 Å². The highest BCUT2D eigenvalue weighted by molar-refractivity contribution is 5.40. The Hall–Kier alpha value is -1.36. The van der Waals surface area contributed by atoms with Gasteiger partial charge in [-0.15, -0.1) is 0 Å². The van der Waals surface area contributed by atoms with Crippen molar-refractivity contribution >= 4 is 5.95 Å². The molecule has 2 heterocycles. The number of aromatic nitrogens is 2. The van der Waals surface area contributed by atoms with Crippen LogP contribution in [0.25, 0.3) is 0 Å². The fourth-order valence-corrected chi connectivity index (χ4v) is 1.87. The molecule has 0 aliphatic carbocycles. The first-order valence-corrected chi connectivity index (χ1v) is 5.92. The second-order valence-corrected chi connectivity index (χ2v) is 5.28. The van der Waals surface area contributed by atoms with E-state index in [1.807, 2.05) is 0 Å². The van der Waals surface area contributed by atoms with Crippen molar-refractivity contribution in [3.8, 4) is 5.88 Å². The number of ether oxygens (including phenoxy) is 1. The van der Waals surface area contributed by atoms with Gasteiger partial charge in [0.2, 0.25) is 11.8 Å². The molecular weight excluding hydrogens is 216 g/mol. The Morgan fingerprint density at radius 3 is 2.71 bits per heavy atom. The van der Waals surface area contributed by atoms with Crippen LogP contribution >= 0.6 is 0 Å².